The molecule has 3 heterocycles. The second-order valence-electron chi connectivity index (χ2n) is 6.98. The molecule has 0 fully saturated rings. The fourth-order valence-electron chi connectivity index (χ4n) is 2.94. The number of hydrogen-bond acceptors (Lipinski definition) is 10. The SMILES string of the molecule is O=C(COCCCn1cc(-c2nccnc2C(=O)O)nn1)NCc1nnc(-c2ccccc2)s1. The molecule has 174 valence electrons. The zero-order valence-corrected chi connectivity index (χ0v) is 18.7. The zero-order chi connectivity index (χ0) is 23.8. The molecule has 0 aliphatic rings. The number of nitrogens with one attached hydrogen (secondary N) is 1. The van der Waals surface area contributed by atoms with Crippen LogP contribution < -0.4 is 5.32 Å². The van der Waals surface area contributed by atoms with Crippen molar-refractivity contribution in [2.45, 2.75) is 19.5 Å². The summed E-state index contributed by atoms with van der Waals surface area (Å²) in [5, 5.41) is 29.7. The quantitative estimate of drug-likeness (QED) is 0.302. The fraction of sp³-hybridized carbons (Fsp3) is 0.238. The van der Waals surface area contributed by atoms with Gasteiger partial charge in [-0.2, -0.15) is 0 Å². The number of benzene rings is 1. The van der Waals surface area contributed by atoms with Gasteiger partial charge in [-0.05, 0) is 6.42 Å². The molecule has 0 spiro atoms. The largest absolute Gasteiger partial charge is 0.476 e. The van der Waals surface area contributed by atoms with Gasteiger partial charge in [-0.15, -0.1) is 15.3 Å². The summed E-state index contributed by atoms with van der Waals surface area (Å²) in [5.74, 6) is -1.43. The number of amides is 1. The van der Waals surface area contributed by atoms with E-state index in [1.807, 2.05) is 30.3 Å². The first-order valence-corrected chi connectivity index (χ1v) is 11.1. The highest BCUT2D eigenvalue weighted by atomic mass is 32.1. The van der Waals surface area contributed by atoms with E-state index < -0.39 is 5.97 Å². The van der Waals surface area contributed by atoms with E-state index in [9.17, 15) is 14.7 Å². The average Bonchev–Trinajstić information content (AvgIpc) is 3.53. The summed E-state index contributed by atoms with van der Waals surface area (Å²) >= 11 is 1.43. The van der Waals surface area contributed by atoms with Crippen LogP contribution in [0.4, 0.5) is 0 Å². The monoisotopic (exact) mass is 480 g/mol. The summed E-state index contributed by atoms with van der Waals surface area (Å²) < 4.78 is 6.97. The molecule has 34 heavy (non-hydrogen) atoms. The Bertz CT molecular complexity index is 1260. The Hall–Kier alpha value is -4.10. The summed E-state index contributed by atoms with van der Waals surface area (Å²) in [6.07, 6.45) is 4.88. The van der Waals surface area contributed by atoms with Crippen molar-refractivity contribution in [2.24, 2.45) is 0 Å². The van der Waals surface area contributed by atoms with E-state index in [2.05, 4.69) is 35.8 Å². The van der Waals surface area contributed by atoms with Crippen molar-refractivity contribution in [3.05, 3.63) is 59.6 Å². The van der Waals surface area contributed by atoms with Gasteiger partial charge >= 0.3 is 5.97 Å². The van der Waals surface area contributed by atoms with Crippen LogP contribution in [0.25, 0.3) is 22.0 Å². The number of aryl methyl sites for hydroxylation is 1. The van der Waals surface area contributed by atoms with Gasteiger partial charge in [0.15, 0.2) is 5.69 Å². The molecule has 1 aromatic carbocycles. The summed E-state index contributed by atoms with van der Waals surface area (Å²) in [6.45, 7) is 1.03. The lowest BCUT2D eigenvalue weighted by Crippen LogP contribution is -2.27. The summed E-state index contributed by atoms with van der Waals surface area (Å²) in [5.41, 5.74) is 1.27. The van der Waals surface area contributed by atoms with E-state index in [0.29, 0.717) is 30.3 Å². The Morgan fingerprint density at radius 1 is 1.09 bits per heavy atom. The molecule has 0 atom stereocenters. The molecule has 3 aromatic heterocycles. The van der Waals surface area contributed by atoms with Gasteiger partial charge in [-0.1, -0.05) is 46.9 Å². The Morgan fingerprint density at radius 3 is 2.74 bits per heavy atom. The Morgan fingerprint density at radius 2 is 1.91 bits per heavy atom. The van der Waals surface area contributed by atoms with E-state index in [1.165, 1.54) is 23.7 Å². The lowest BCUT2D eigenvalue weighted by atomic mass is 10.2. The number of aromatic carboxylic acids is 1. The summed E-state index contributed by atoms with van der Waals surface area (Å²) in [4.78, 5) is 31.1. The van der Waals surface area contributed by atoms with Gasteiger partial charge in [0.1, 0.15) is 28.0 Å². The van der Waals surface area contributed by atoms with Crippen LogP contribution in [0.3, 0.4) is 0 Å². The molecular formula is C21H20N8O4S. The number of aromatic nitrogens is 7. The highest BCUT2D eigenvalue weighted by molar-refractivity contribution is 7.14. The highest BCUT2D eigenvalue weighted by Crippen LogP contribution is 2.22. The normalized spacial score (nSPS) is 10.8. The smallest absolute Gasteiger partial charge is 0.356 e. The average molecular weight is 481 g/mol. The number of carbonyl (C=O) groups is 2. The molecule has 4 rings (SSSR count). The van der Waals surface area contributed by atoms with Crippen LogP contribution in [0.2, 0.25) is 0 Å². The molecule has 0 aliphatic heterocycles. The first-order valence-electron chi connectivity index (χ1n) is 10.3. The third-order valence-corrected chi connectivity index (χ3v) is 5.49. The number of carboxylic acid groups (broad SMARTS) is 1. The van der Waals surface area contributed by atoms with Crippen LogP contribution in [-0.2, 0) is 22.6 Å². The van der Waals surface area contributed by atoms with Crippen molar-refractivity contribution < 1.29 is 19.4 Å². The highest BCUT2D eigenvalue weighted by Gasteiger charge is 2.17. The van der Waals surface area contributed by atoms with Crippen molar-refractivity contribution >= 4 is 23.2 Å². The van der Waals surface area contributed by atoms with E-state index >= 15 is 0 Å². The molecule has 2 N–H and O–H groups in total. The first kappa shape index (κ1) is 23.1. The van der Waals surface area contributed by atoms with Crippen LogP contribution in [0.15, 0.2) is 48.9 Å². The number of carbonyl (C=O) groups excluding carboxylic acids is 1. The maximum Gasteiger partial charge on any atom is 0.356 e. The third kappa shape index (κ3) is 6.02. The molecular weight excluding hydrogens is 460 g/mol. The van der Waals surface area contributed by atoms with Crippen molar-refractivity contribution in [3.8, 4) is 22.0 Å². The predicted molar refractivity (Wildman–Crippen MR) is 121 cm³/mol. The second kappa shape index (κ2) is 11.2. The maximum absolute atomic E-state index is 12.0. The molecule has 4 aromatic rings. The van der Waals surface area contributed by atoms with E-state index in [0.717, 1.165) is 10.6 Å². The predicted octanol–water partition coefficient (Wildman–Crippen LogP) is 1.67. The van der Waals surface area contributed by atoms with Crippen LogP contribution in [0, 0.1) is 0 Å². The van der Waals surface area contributed by atoms with E-state index in [4.69, 9.17) is 4.74 Å². The lowest BCUT2D eigenvalue weighted by molar-refractivity contribution is -0.125. The zero-order valence-electron chi connectivity index (χ0n) is 17.9. The minimum atomic E-state index is -1.19. The molecule has 0 bridgehead atoms. The van der Waals surface area contributed by atoms with E-state index in [1.54, 1.807) is 10.9 Å². The minimum Gasteiger partial charge on any atom is -0.476 e. The molecule has 0 unspecified atom stereocenters. The van der Waals surface area contributed by atoms with Gasteiger partial charge in [-0.3, -0.25) is 14.5 Å². The number of ether oxygens (including phenoxy) is 1. The second-order valence-corrected chi connectivity index (χ2v) is 8.04. The molecule has 0 radical (unpaired) electrons. The summed E-state index contributed by atoms with van der Waals surface area (Å²) in [7, 11) is 0. The Kier molecular flexibility index (Phi) is 7.57. The third-order valence-electron chi connectivity index (χ3n) is 4.52. The van der Waals surface area contributed by atoms with Gasteiger partial charge in [-0.25, -0.2) is 9.78 Å². The Balaban J connectivity index is 1.16. The van der Waals surface area contributed by atoms with Crippen molar-refractivity contribution in [1.29, 1.82) is 0 Å². The van der Waals surface area contributed by atoms with Crippen molar-refractivity contribution in [1.82, 2.24) is 40.5 Å². The topological polar surface area (TPSA) is 158 Å². The number of hydrogen-bond donors (Lipinski definition) is 2. The number of carboxylic acids is 1. The van der Waals surface area contributed by atoms with Gasteiger partial charge < -0.3 is 15.2 Å². The standard InChI is InChI=1S/C21H20N8O4S/c30-16(24-11-17-26-27-20(34-17)14-5-2-1-3-6-14)13-33-10-4-9-29-12-15(25-28-29)18-19(21(31)32)23-8-7-22-18/h1-3,5-8,12H,4,9-11,13H2,(H,24,30)(H,31,32). The minimum absolute atomic E-state index is 0.0749. The molecule has 12 nitrogen and oxygen atoms in total. The molecule has 0 saturated heterocycles. The fourth-order valence-corrected chi connectivity index (χ4v) is 3.72. The van der Waals surface area contributed by atoms with Crippen LogP contribution >= 0.6 is 11.3 Å². The van der Waals surface area contributed by atoms with E-state index in [-0.39, 0.29) is 30.4 Å². The van der Waals surface area contributed by atoms with Gasteiger partial charge in [0.05, 0.1) is 12.7 Å². The molecule has 0 saturated carbocycles. The Labute approximate surface area is 197 Å². The number of rotatable bonds is 11. The molecule has 13 heteroatoms. The molecule has 1 amide bonds. The van der Waals surface area contributed by atoms with Crippen molar-refractivity contribution in [3.63, 3.8) is 0 Å². The van der Waals surface area contributed by atoms with Crippen LogP contribution in [0.1, 0.15) is 21.9 Å². The summed E-state index contributed by atoms with van der Waals surface area (Å²) in [6, 6.07) is 9.72. The van der Waals surface area contributed by atoms with Gasteiger partial charge in [0, 0.05) is 31.1 Å². The maximum atomic E-state index is 12.0. The van der Waals surface area contributed by atoms with Crippen molar-refractivity contribution in [2.75, 3.05) is 13.2 Å². The van der Waals surface area contributed by atoms with Crippen LogP contribution in [0.5, 0.6) is 0 Å². The van der Waals surface area contributed by atoms with Gasteiger partial charge in [0.25, 0.3) is 0 Å². The lowest BCUT2D eigenvalue weighted by Gasteiger charge is -2.05. The first-order chi connectivity index (χ1) is 16.6. The van der Waals surface area contributed by atoms with Gasteiger partial charge in [0.2, 0.25) is 5.91 Å². The van der Waals surface area contributed by atoms with Crippen LogP contribution in [-0.4, -0.2) is 65.4 Å². The molecule has 0 aliphatic carbocycles. The number of nitrogens with zero attached hydrogens (tertiary/aromatic N) is 7.